The first-order valence-electron chi connectivity index (χ1n) is 8.06. The van der Waals surface area contributed by atoms with E-state index < -0.39 is 0 Å². The summed E-state index contributed by atoms with van der Waals surface area (Å²) in [5.41, 5.74) is 5.41. The topological polar surface area (TPSA) is 42.4 Å². The number of nitrogens with zero attached hydrogens (tertiary/aromatic N) is 1. The van der Waals surface area contributed by atoms with Gasteiger partial charge in [0.15, 0.2) is 0 Å². The monoisotopic (exact) mass is 299 g/mol. The molecule has 1 N–H and O–H groups in total. The number of aryl methyl sites for hydroxylation is 2. The van der Waals surface area contributed by atoms with Crippen LogP contribution >= 0.6 is 0 Å². The lowest BCUT2D eigenvalue weighted by molar-refractivity contribution is 0.336. The van der Waals surface area contributed by atoms with E-state index in [2.05, 4.69) is 13.8 Å². The zero-order valence-electron chi connectivity index (χ0n) is 13.9. The standard InChI is InChI=1S/C19H25NO2/c1-5-8-16-17(6-2)20-13(4)18(19(16)22-7-3)14-9-11-15(21)12-10-14/h9-12,21H,5-8H2,1-4H3. The predicted octanol–water partition coefficient (Wildman–Crippen LogP) is 4.68. The van der Waals surface area contributed by atoms with Crippen molar-refractivity contribution in [3.05, 3.63) is 41.2 Å². The molecule has 0 aliphatic heterocycles. The second-order valence-corrected chi connectivity index (χ2v) is 5.41. The minimum Gasteiger partial charge on any atom is -0.508 e. The average molecular weight is 299 g/mol. The van der Waals surface area contributed by atoms with E-state index in [0.29, 0.717) is 6.61 Å². The second kappa shape index (κ2) is 7.30. The highest BCUT2D eigenvalue weighted by molar-refractivity contribution is 5.75. The zero-order valence-corrected chi connectivity index (χ0v) is 13.9. The molecule has 0 amide bonds. The molecule has 0 aliphatic rings. The molecule has 0 atom stereocenters. The third kappa shape index (κ3) is 3.24. The van der Waals surface area contributed by atoms with Crippen molar-refractivity contribution in [3.63, 3.8) is 0 Å². The highest BCUT2D eigenvalue weighted by Crippen LogP contribution is 2.38. The van der Waals surface area contributed by atoms with Crippen LogP contribution in [0.25, 0.3) is 11.1 Å². The Morgan fingerprint density at radius 1 is 1.09 bits per heavy atom. The van der Waals surface area contributed by atoms with Gasteiger partial charge >= 0.3 is 0 Å². The van der Waals surface area contributed by atoms with Gasteiger partial charge in [0, 0.05) is 22.5 Å². The maximum Gasteiger partial charge on any atom is 0.133 e. The van der Waals surface area contributed by atoms with Gasteiger partial charge in [-0.2, -0.15) is 0 Å². The number of phenols is 1. The minimum atomic E-state index is 0.270. The molecule has 0 radical (unpaired) electrons. The average Bonchev–Trinajstić information content (AvgIpc) is 2.51. The quantitative estimate of drug-likeness (QED) is 0.842. The largest absolute Gasteiger partial charge is 0.508 e. The molecule has 2 rings (SSSR count). The molecule has 3 heteroatoms. The molecule has 118 valence electrons. The summed E-state index contributed by atoms with van der Waals surface area (Å²) < 4.78 is 6.03. The third-order valence-corrected chi connectivity index (χ3v) is 3.79. The molecule has 1 aromatic carbocycles. The van der Waals surface area contributed by atoms with Crippen LogP contribution in [0.3, 0.4) is 0 Å². The Labute approximate surface area is 133 Å². The molecule has 0 saturated heterocycles. The lowest BCUT2D eigenvalue weighted by Gasteiger charge is -2.20. The minimum absolute atomic E-state index is 0.270. The molecule has 1 aromatic heterocycles. The summed E-state index contributed by atoms with van der Waals surface area (Å²) in [5.74, 6) is 1.23. The van der Waals surface area contributed by atoms with Crippen LogP contribution in [0, 0.1) is 6.92 Å². The van der Waals surface area contributed by atoms with Crippen LogP contribution in [0.1, 0.15) is 44.1 Å². The van der Waals surface area contributed by atoms with Crippen molar-refractivity contribution in [2.45, 2.75) is 47.0 Å². The lowest BCUT2D eigenvalue weighted by atomic mass is 9.96. The van der Waals surface area contributed by atoms with Crippen LogP contribution in [0.15, 0.2) is 24.3 Å². The van der Waals surface area contributed by atoms with Gasteiger partial charge in [0.1, 0.15) is 11.5 Å². The molecule has 1 heterocycles. The first-order valence-corrected chi connectivity index (χ1v) is 8.06. The van der Waals surface area contributed by atoms with Crippen LogP contribution in [0.5, 0.6) is 11.5 Å². The maximum atomic E-state index is 9.52. The number of benzene rings is 1. The van der Waals surface area contributed by atoms with Crippen LogP contribution in [-0.2, 0) is 12.8 Å². The normalized spacial score (nSPS) is 10.7. The summed E-state index contributed by atoms with van der Waals surface area (Å²) in [4.78, 5) is 4.81. The molecule has 0 bridgehead atoms. The van der Waals surface area contributed by atoms with E-state index in [1.807, 2.05) is 26.0 Å². The Kier molecular flexibility index (Phi) is 5.42. The summed E-state index contributed by atoms with van der Waals surface area (Å²) in [6, 6.07) is 7.25. The van der Waals surface area contributed by atoms with E-state index in [9.17, 15) is 5.11 Å². The Bertz CT molecular complexity index is 633. The van der Waals surface area contributed by atoms with Crippen molar-refractivity contribution >= 4 is 0 Å². The smallest absolute Gasteiger partial charge is 0.133 e. The fraction of sp³-hybridized carbons (Fsp3) is 0.421. The number of rotatable bonds is 6. The van der Waals surface area contributed by atoms with Crippen molar-refractivity contribution in [2.24, 2.45) is 0 Å². The number of hydrogen-bond acceptors (Lipinski definition) is 3. The lowest BCUT2D eigenvalue weighted by Crippen LogP contribution is -2.07. The molecular weight excluding hydrogens is 274 g/mol. The number of aromatic nitrogens is 1. The number of phenolic OH excluding ortho intramolecular Hbond substituents is 1. The van der Waals surface area contributed by atoms with Gasteiger partial charge in [-0.1, -0.05) is 32.4 Å². The van der Waals surface area contributed by atoms with Gasteiger partial charge in [-0.3, -0.25) is 4.98 Å². The molecule has 0 spiro atoms. The molecule has 2 aromatic rings. The van der Waals surface area contributed by atoms with Gasteiger partial charge in [-0.15, -0.1) is 0 Å². The molecule has 0 aliphatic carbocycles. The number of hydrogen-bond donors (Lipinski definition) is 1. The van der Waals surface area contributed by atoms with Crippen LogP contribution < -0.4 is 4.74 Å². The van der Waals surface area contributed by atoms with Crippen molar-refractivity contribution in [2.75, 3.05) is 6.61 Å². The zero-order chi connectivity index (χ0) is 16.1. The Balaban J connectivity index is 2.70. The van der Waals surface area contributed by atoms with Crippen molar-refractivity contribution < 1.29 is 9.84 Å². The molecule has 0 unspecified atom stereocenters. The van der Waals surface area contributed by atoms with E-state index in [1.165, 1.54) is 5.56 Å². The van der Waals surface area contributed by atoms with E-state index in [4.69, 9.17) is 9.72 Å². The van der Waals surface area contributed by atoms with Gasteiger partial charge < -0.3 is 9.84 Å². The van der Waals surface area contributed by atoms with Gasteiger partial charge in [0.25, 0.3) is 0 Å². The summed E-state index contributed by atoms with van der Waals surface area (Å²) in [5, 5.41) is 9.52. The molecule has 22 heavy (non-hydrogen) atoms. The van der Waals surface area contributed by atoms with Crippen LogP contribution in [-0.4, -0.2) is 16.7 Å². The molecule has 3 nitrogen and oxygen atoms in total. The van der Waals surface area contributed by atoms with Crippen molar-refractivity contribution in [3.8, 4) is 22.6 Å². The molecule has 0 saturated carbocycles. The number of pyridine rings is 1. The summed E-state index contributed by atoms with van der Waals surface area (Å²) in [7, 11) is 0. The first kappa shape index (κ1) is 16.3. The van der Waals surface area contributed by atoms with E-state index in [1.54, 1.807) is 12.1 Å². The second-order valence-electron chi connectivity index (χ2n) is 5.41. The predicted molar refractivity (Wildman–Crippen MR) is 90.6 cm³/mol. The highest BCUT2D eigenvalue weighted by Gasteiger charge is 2.19. The van der Waals surface area contributed by atoms with E-state index in [-0.39, 0.29) is 5.75 Å². The summed E-state index contributed by atoms with van der Waals surface area (Å²) in [6.45, 7) is 8.98. The van der Waals surface area contributed by atoms with Gasteiger partial charge in [0.05, 0.1) is 6.61 Å². The Morgan fingerprint density at radius 3 is 2.32 bits per heavy atom. The first-order chi connectivity index (χ1) is 10.6. The Morgan fingerprint density at radius 2 is 1.77 bits per heavy atom. The molecule has 0 fully saturated rings. The van der Waals surface area contributed by atoms with Gasteiger partial charge in [0.2, 0.25) is 0 Å². The fourth-order valence-corrected chi connectivity index (χ4v) is 2.84. The van der Waals surface area contributed by atoms with Crippen LogP contribution in [0.4, 0.5) is 0 Å². The van der Waals surface area contributed by atoms with Crippen LogP contribution in [0.2, 0.25) is 0 Å². The van der Waals surface area contributed by atoms with E-state index >= 15 is 0 Å². The van der Waals surface area contributed by atoms with Crippen molar-refractivity contribution in [1.29, 1.82) is 0 Å². The van der Waals surface area contributed by atoms with Gasteiger partial charge in [-0.05, 0) is 44.4 Å². The fourth-order valence-electron chi connectivity index (χ4n) is 2.84. The number of aromatic hydroxyl groups is 1. The Hall–Kier alpha value is -2.03. The summed E-state index contributed by atoms with van der Waals surface area (Å²) >= 11 is 0. The van der Waals surface area contributed by atoms with Crippen molar-refractivity contribution in [1.82, 2.24) is 4.98 Å². The SMILES string of the molecule is CCCc1c(CC)nc(C)c(-c2ccc(O)cc2)c1OCC. The highest BCUT2D eigenvalue weighted by atomic mass is 16.5. The third-order valence-electron chi connectivity index (χ3n) is 3.79. The number of ether oxygens (including phenoxy) is 1. The summed E-state index contributed by atoms with van der Waals surface area (Å²) in [6.07, 6.45) is 2.94. The van der Waals surface area contributed by atoms with Gasteiger partial charge in [-0.25, -0.2) is 0 Å². The van der Waals surface area contributed by atoms with E-state index in [0.717, 1.165) is 47.5 Å². The maximum absolute atomic E-state index is 9.52. The molecular formula is C19H25NO2.